The van der Waals surface area contributed by atoms with Gasteiger partial charge in [-0.25, -0.2) is 5.43 Å². The Morgan fingerprint density at radius 2 is 2.18 bits per heavy atom. The molecule has 1 unspecified atom stereocenters. The third-order valence-corrected chi connectivity index (χ3v) is 4.64. The third-order valence-electron chi connectivity index (χ3n) is 2.60. The van der Waals surface area contributed by atoms with Crippen LogP contribution in [0.5, 0.6) is 0 Å². The second-order valence-corrected chi connectivity index (χ2v) is 5.97. The Balaban J connectivity index is 2.49. The molecule has 17 heavy (non-hydrogen) atoms. The lowest BCUT2D eigenvalue weighted by atomic mass is 10.0. The van der Waals surface area contributed by atoms with Gasteiger partial charge in [-0.1, -0.05) is 27.5 Å². The number of hydrogen-bond acceptors (Lipinski definition) is 3. The second kappa shape index (κ2) is 5.50. The van der Waals surface area contributed by atoms with Gasteiger partial charge in [0.1, 0.15) is 0 Å². The molecule has 0 bridgehead atoms. The van der Waals surface area contributed by atoms with Crippen molar-refractivity contribution >= 4 is 38.9 Å². The van der Waals surface area contributed by atoms with Gasteiger partial charge in [0.15, 0.2) is 0 Å². The molecule has 0 fully saturated rings. The van der Waals surface area contributed by atoms with Crippen LogP contribution in [0.4, 0.5) is 0 Å². The highest BCUT2D eigenvalue weighted by molar-refractivity contribution is 9.10. The number of aryl methyl sites for hydroxylation is 1. The summed E-state index contributed by atoms with van der Waals surface area (Å²) in [5, 5.41) is 2.77. The smallest absolute Gasteiger partial charge is 0.0816 e. The summed E-state index contributed by atoms with van der Waals surface area (Å²) < 4.78 is 0.998. The Morgan fingerprint density at radius 1 is 1.41 bits per heavy atom. The molecule has 0 aliphatic carbocycles. The lowest BCUT2D eigenvalue weighted by Crippen LogP contribution is -2.28. The number of nitrogens with one attached hydrogen (secondary N) is 1. The highest BCUT2D eigenvalue weighted by Gasteiger charge is 2.18. The summed E-state index contributed by atoms with van der Waals surface area (Å²) in [5.41, 5.74) is 5.12. The maximum Gasteiger partial charge on any atom is 0.0816 e. The summed E-state index contributed by atoms with van der Waals surface area (Å²) in [7, 11) is 0. The van der Waals surface area contributed by atoms with Crippen LogP contribution in [0.1, 0.15) is 22.0 Å². The van der Waals surface area contributed by atoms with Crippen LogP contribution in [-0.4, -0.2) is 0 Å². The Morgan fingerprint density at radius 3 is 2.76 bits per heavy atom. The van der Waals surface area contributed by atoms with Crippen molar-refractivity contribution in [3.63, 3.8) is 0 Å². The average molecular weight is 332 g/mol. The minimum atomic E-state index is -0.0388. The first kappa shape index (κ1) is 13.1. The molecule has 2 aromatic rings. The van der Waals surface area contributed by atoms with Crippen LogP contribution in [0.25, 0.3) is 0 Å². The van der Waals surface area contributed by atoms with Crippen LogP contribution >= 0.6 is 38.9 Å². The van der Waals surface area contributed by atoms with Gasteiger partial charge in [-0.05, 0) is 47.7 Å². The Labute approximate surface area is 118 Å². The Bertz CT molecular complexity index is 527. The molecule has 0 spiro atoms. The number of nitrogens with two attached hydrogens (primary N) is 1. The zero-order chi connectivity index (χ0) is 12.4. The van der Waals surface area contributed by atoms with E-state index in [9.17, 15) is 0 Å². The lowest BCUT2D eigenvalue weighted by Gasteiger charge is -2.18. The Hall–Kier alpha value is -0.390. The quantitative estimate of drug-likeness (QED) is 0.658. The third kappa shape index (κ3) is 2.72. The van der Waals surface area contributed by atoms with Crippen molar-refractivity contribution < 1.29 is 0 Å². The molecule has 2 rings (SSSR count). The SMILES string of the molecule is Cc1ccsc1C(NN)c1cc(Cl)ccc1Br. The Kier molecular flexibility index (Phi) is 4.22. The molecule has 0 radical (unpaired) electrons. The minimum Gasteiger partial charge on any atom is -0.271 e. The van der Waals surface area contributed by atoms with Gasteiger partial charge in [0.05, 0.1) is 6.04 Å². The number of thiophene rings is 1. The molecule has 90 valence electrons. The fourth-order valence-corrected chi connectivity index (χ4v) is 3.38. The van der Waals surface area contributed by atoms with Gasteiger partial charge in [0.25, 0.3) is 0 Å². The van der Waals surface area contributed by atoms with Gasteiger partial charge >= 0.3 is 0 Å². The number of benzene rings is 1. The minimum absolute atomic E-state index is 0.0388. The average Bonchev–Trinajstić information content (AvgIpc) is 2.71. The fraction of sp³-hybridized carbons (Fsp3) is 0.167. The normalized spacial score (nSPS) is 12.7. The highest BCUT2D eigenvalue weighted by Crippen LogP contribution is 2.34. The van der Waals surface area contributed by atoms with Crippen molar-refractivity contribution in [3.8, 4) is 0 Å². The zero-order valence-electron chi connectivity index (χ0n) is 9.21. The summed E-state index contributed by atoms with van der Waals surface area (Å²) in [6.45, 7) is 2.08. The predicted octanol–water partition coefficient (Wildman–Crippen LogP) is 4.03. The van der Waals surface area contributed by atoms with E-state index in [-0.39, 0.29) is 6.04 Å². The van der Waals surface area contributed by atoms with Gasteiger partial charge in [0.2, 0.25) is 0 Å². The first-order chi connectivity index (χ1) is 8.13. The lowest BCUT2D eigenvalue weighted by molar-refractivity contribution is 0.641. The molecule has 2 nitrogen and oxygen atoms in total. The van der Waals surface area contributed by atoms with Crippen molar-refractivity contribution in [1.29, 1.82) is 0 Å². The predicted molar refractivity (Wildman–Crippen MR) is 77.4 cm³/mol. The fourth-order valence-electron chi connectivity index (χ4n) is 1.72. The molecule has 5 heteroatoms. The highest BCUT2D eigenvalue weighted by atomic mass is 79.9. The van der Waals surface area contributed by atoms with Crippen LogP contribution in [-0.2, 0) is 0 Å². The van der Waals surface area contributed by atoms with Crippen LogP contribution in [0.2, 0.25) is 5.02 Å². The second-order valence-electron chi connectivity index (χ2n) is 3.73. The van der Waals surface area contributed by atoms with E-state index in [1.165, 1.54) is 10.4 Å². The molecular formula is C12H12BrClN2S. The number of rotatable bonds is 3. The molecule has 0 aliphatic rings. The van der Waals surface area contributed by atoms with Crippen LogP contribution < -0.4 is 11.3 Å². The topological polar surface area (TPSA) is 38.0 Å². The van der Waals surface area contributed by atoms with E-state index in [0.29, 0.717) is 5.02 Å². The van der Waals surface area contributed by atoms with E-state index in [2.05, 4.69) is 39.7 Å². The van der Waals surface area contributed by atoms with Crippen molar-refractivity contribution in [3.05, 3.63) is 55.1 Å². The molecule has 0 amide bonds. The molecule has 0 saturated carbocycles. The van der Waals surface area contributed by atoms with Gasteiger partial charge in [0, 0.05) is 14.4 Å². The van der Waals surface area contributed by atoms with Crippen LogP contribution in [0.15, 0.2) is 34.1 Å². The zero-order valence-corrected chi connectivity index (χ0v) is 12.4. The summed E-state index contributed by atoms with van der Waals surface area (Å²) >= 11 is 11.3. The van der Waals surface area contributed by atoms with Crippen molar-refractivity contribution in [1.82, 2.24) is 5.43 Å². The van der Waals surface area contributed by atoms with E-state index in [1.807, 2.05) is 18.2 Å². The van der Waals surface area contributed by atoms with E-state index >= 15 is 0 Å². The summed E-state index contributed by atoms with van der Waals surface area (Å²) in [5.74, 6) is 5.68. The van der Waals surface area contributed by atoms with Crippen LogP contribution in [0, 0.1) is 6.92 Å². The van der Waals surface area contributed by atoms with Gasteiger partial charge in [-0.2, -0.15) is 0 Å². The van der Waals surface area contributed by atoms with E-state index in [0.717, 1.165) is 10.0 Å². The molecule has 3 N–H and O–H groups in total. The van der Waals surface area contributed by atoms with Crippen molar-refractivity contribution in [2.75, 3.05) is 0 Å². The molecule has 1 aromatic carbocycles. The number of hydrazine groups is 1. The first-order valence-corrected chi connectivity index (χ1v) is 7.13. The van der Waals surface area contributed by atoms with Gasteiger partial charge in [-0.15, -0.1) is 11.3 Å². The summed E-state index contributed by atoms with van der Waals surface area (Å²) in [4.78, 5) is 1.20. The maximum atomic E-state index is 6.03. The van der Waals surface area contributed by atoms with Crippen molar-refractivity contribution in [2.45, 2.75) is 13.0 Å². The standard InChI is InChI=1S/C12H12BrClN2S/c1-7-4-5-17-12(7)11(16-15)9-6-8(14)2-3-10(9)13/h2-6,11,16H,15H2,1H3. The van der Waals surface area contributed by atoms with Gasteiger partial charge in [-0.3, -0.25) is 5.84 Å². The number of hydrogen-bond donors (Lipinski definition) is 2. The van der Waals surface area contributed by atoms with Crippen LogP contribution in [0.3, 0.4) is 0 Å². The molecule has 1 atom stereocenters. The molecule has 0 saturated heterocycles. The number of halogens is 2. The van der Waals surface area contributed by atoms with E-state index in [4.69, 9.17) is 17.4 Å². The maximum absolute atomic E-state index is 6.03. The first-order valence-electron chi connectivity index (χ1n) is 5.08. The summed E-state index contributed by atoms with van der Waals surface area (Å²) in [6.07, 6.45) is 0. The largest absolute Gasteiger partial charge is 0.271 e. The molecular weight excluding hydrogens is 320 g/mol. The van der Waals surface area contributed by atoms with Gasteiger partial charge < -0.3 is 0 Å². The molecule has 0 aliphatic heterocycles. The monoisotopic (exact) mass is 330 g/mol. The van der Waals surface area contributed by atoms with Crippen molar-refractivity contribution in [2.24, 2.45) is 5.84 Å². The molecule has 1 heterocycles. The van der Waals surface area contributed by atoms with E-state index < -0.39 is 0 Å². The summed E-state index contributed by atoms with van der Waals surface area (Å²) in [6, 6.07) is 7.76. The molecule has 1 aromatic heterocycles. The van der Waals surface area contributed by atoms with E-state index in [1.54, 1.807) is 11.3 Å².